The number of halogens is 2. The minimum atomic E-state index is 0. The molecular formula is C14H19Cl2N3OS2. The molecule has 3 heterocycles. The summed E-state index contributed by atoms with van der Waals surface area (Å²) >= 11 is 3.15. The van der Waals surface area contributed by atoms with E-state index in [0.29, 0.717) is 0 Å². The standard InChI is InChI=1S/C14H17N3OS2.2ClH/c1-9-12(14(18)17-6-4-10(15)5-7-17)20-13(16-9)11-3-2-8-19-11;;/h2-3,8,10H,4-7,15H2,1H3;2*1H. The molecule has 1 amide bonds. The van der Waals surface area contributed by atoms with Crippen LogP contribution in [0.4, 0.5) is 0 Å². The number of carbonyl (C=O) groups excluding carboxylic acids is 1. The van der Waals surface area contributed by atoms with Crippen LogP contribution in [0.2, 0.25) is 0 Å². The molecule has 1 aliphatic rings. The summed E-state index contributed by atoms with van der Waals surface area (Å²) in [6.45, 7) is 3.42. The van der Waals surface area contributed by atoms with Gasteiger partial charge in [-0.2, -0.15) is 0 Å². The Morgan fingerprint density at radius 1 is 1.36 bits per heavy atom. The van der Waals surface area contributed by atoms with Gasteiger partial charge in [0.05, 0.1) is 10.6 Å². The molecule has 2 N–H and O–H groups in total. The van der Waals surface area contributed by atoms with Gasteiger partial charge in [0, 0.05) is 19.1 Å². The summed E-state index contributed by atoms with van der Waals surface area (Å²) in [6.07, 6.45) is 1.78. The van der Waals surface area contributed by atoms with E-state index in [1.165, 1.54) is 11.3 Å². The topological polar surface area (TPSA) is 59.2 Å². The quantitative estimate of drug-likeness (QED) is 0.866. The first-order valence-corrected chi connectivity index (χ1v) is 8.41. The Morgan fingerprint density at radius 2 is 2.05 bits per heavy atom. The van der Waals surface area contributed by atoms with Crippen molar-refractivity contribution in [3.05, 3.63) is 28.1 Å². The Kier molecular flexibility index (Phi) is 7.28. The highest BCUT2D eigenvalue weighted by molar-refractivity contribution is 7.22. The van der Waals surface area contributed by atoms with Crippen LogP contribution < -0.4 is 5.73 Å². The second-order valence-corrected chi connectivity index (χ2v) is 6.99. The lowest BCUT2D eigenvalue weighted by Crippen LogP contribution is -2.42. The Labute approximate surface area is 150 Å². The summed E-state index contributed by atoms with van der Waals surface area (Å²) in [5, 5.41) is 2.97. The summed E-state index contributed by atoms with van der Waals surface area (Å²) < 4.78 is 0. The van der Waals surface area contributed by atoms with Crippen molar-refractivity contribution in [2.75, 3.05) is 13.1 Å². The molecule has 0 bridgehead atoms. The molecule has 1 saturated heterocycles. The Balaban J connectivity index is 0.00000121. The zero-order valence-corrected chi connectivity index (χ0v) is 15.4. The smallest absolute Gasteiger partial charge is 0.265 e. The van der Waals surface area contributed by atoms with E-state index < -0.39 is 0 Å². The summed E-state index contributed by atoms with van der Waals surface area (Å²) in [4.78, 5) is 20.9. The fraction of sp³-hybridized carbons (Fsp3) is 0.429. The van der Waals surface area contributed by atoms with Crippen molar-refractivity contribution in [1.82, 2.24) is 9.88 Å². The second-order valence-electron chi connectivity index (χ2n) is 5.04. The minimum Gasteiger partial charge on any atom is -0.338 e. The van der Waals surface area contributed by atoms with Crippen LogP contribution in [-0.4, -0.2) is 34.9 Å². The van der Waals surface area contributed by atoms with Crippen molar-refractivity contribution in [3.63, 3.8) is 0 Å². The van der Waals surface area contributed by atoms with Crippen molar-refractivity contribution in [2.24, 2.45) is 5.73 Å². The van der Waals surface area contributed by atoms with E-state index in [1.807, 2.05) is 29.3 Å². The van der Waals surface area contributed by atoms with Gasteiger partial charge in [-0.15, -0.1) is 47.5 Å². The van der Waals surface area contributed by atoms with Gasteiger partial charge in [0.2, 0.25) is 0 Å². The molecular weight excluding hydrogens is 361 g/mol. The van der Waals surface area contributed by atoms with Crippen LogP contribution in [0.1, 0.15) is 28.2 Å². The molecule has 1 fully saturated rings. The molecule has 0 unspecified atom stereocenters. The van der Waals surface area contributed by atoms with Crippen molar-refractivity contribution < 1.29 is 4.79 Å². The third-order valence-electron chi connectivity index (χ3n) is 3.55. The first kappa shape index (κ1) is 19.4. The number of carbonyl (C=O) groups is 1. The number of hydrogen-bond acceptors (Lipinski definition) is 5. The number of piperidine rings is 1. The lowest BCUT2D eigenvalue weighted by Gasteiger charge is -2.29. The number of aryl methyl sites for hydroxylation is 1. The predicted molar refractivity (Wildman–Crippen MR) is 97.8 cm³/mol. The summed E-state index contributed by atoms with van der Waals surface area (Å²) in [5.41, 5.74) is 6.72. The highest BCUT2D eigenvalue weighted by Gasteiger charge is 2.25. The number of aromatic nitrogens is 1. The van der Waals surface area contributed by atoms with Gasteiger partial charge in [0.15, 0.2) is 0 Å². The molecule has 122 valence electrons. The summed E-state index contributed by atoms with van der Waals surface area (Å²) in [6, 6.07) is 4.28. The number of amides is 1. The Morgan fingerprint density at radius 3 is 2.64 bits per heavy atom. The number of rotatable bonds is 2. The van der Waals surface area contributed by atoms with Gasteiger partial charge in [-0.3, -0.25) is 4.79 Å². The molecule has 0 saturated carbocycles. The van der Waals surface area contributed by atoms with Crippen molar-refractivity contribution in [1.29, 1.82) is 0 Å². The first-order valence-electron chi connectivity index (χ1n) is 6.71. The molecule has 8 heteroatoms. The van der Waals surface area contributed by atoms with Gasteiger partial charge in [-0.25, -0.2) is 4.98 Å². The molecule has 22 heavy (non-hydrogen) atoms. The van der Waals surface area contributed by atoms with Gasteiger partial charge in [-0.05, 0) is 31.2 Å². The van der Waals surface area contributed by atoms with E-state index in [2.05, 4.69) is 4.98 Å². The summed E-state index contributed by atoms with van der Waals surface area (Å²) in [5.74, 6) is 0.106. The maximum Gasteiger partial charge on any atom is 0.265 e. The van der Waals surface area contributed by atoms with E-state index in [9.17, 15) is 4.79 Å². The molecule has 2 aromatic rings. The lowest BCUT2D eigenvalue weighted by atomic mass is 10.1. The molecule has 1 aliphatic heterocycles. The van der Waals surface area contributed by atoms with Crippen LogP contribution in [0.5, 0.6) is 0 Å². The van der Waals surface area contributed by atoms with Crippen LogP contribution in [-0.2, 0) is 0 Å². The lowest BCUT2D eigenvalue weighted by molar-refractivity contribution is 0.0718. The largest absolute Gasteiger partial charge is 0.338 e. The van der Waals surface area contributed by atoms with Crippen LogP contribution in [0.25, 0.3) is 9.88 Å². The van der Waals surface area contributed by atoms with Gasteiger partial charge in [0.25, 0.3) is 5.91 Å². The maximum absolute atomic E-state index is 12.6. The predicted octanol–water partition coefficient (Wildman–Crippen LogP) is 3.59. The molecule has 0 spiro atoms. The van der Waals surface area contributed by atoms with Gasteiger partial charge < -0.3 is 10.6 Å². The number of nitrogens with two attached hydrogens (primary N) is 1. The molecule has 4 nitrogen and oxygen atoms in total. The van der Waals surface area contributed by atoms with E-state index >= 15 is 0 Å². The molecule has 2 aromatic heterocycles. The SMILES string of the molecule is Cc1nc(-c2cccs2)sc1C(=O)N1CCC(N)CC1.Cl.Cl. The van der Waals surface area contributed by atoms with E-state index in [0.717, 1.165) is 46.4 Å². The van der Waals surface area contributed by atoms with E-state index in [4.69, 9.17) is 5.73 Å². The number of nitrogens with zero attached hydrogens (tertiary/aromatic N) is 2. The number of hydrogen-bond donors (Lipinski definition) is 1. The van der Waals surface area contributed by atoms with Gasteiger partial charge in [0.1, 0.15) is 9.88 Å². The Hall–Kier alpha value is -0.660. The molecule has 3 rings (SSSR count). The third kappa shape index (κ3) is 4.00. The van der Waals surface area contributed by atoms with Crippen molar-refractivity contribution >= 4 is 53.4 Å². The zero-order chi connectivity index (χ0) is 14.1. The fourth-order valence-corrected chi connectivity index (χ4v) is 4.18. The van der Waals surface area contributed by atoms with Crippen LogP contribution in [0, 0.1) is 6.92 Å². The second kappa shape index (κ2) is 8.26. The third-order valence-corrected chi connectivity index (χ3v) is 5.73. The van der Waals surface area contributed by atoms with Crippen LogP contribution in [0.15, 0.2) is 17.5 Å². The van der Waals surface area contributed by atoms with Crippen LogP contribution >= 0.6 is 47.5 Å². The van der Waals surface area contributed by atoms with Crippen LogP contribution in [0.3, 0.4) is 0 Å². The normalized spacial score (nSPS) is 15.1. The highest BCUT2D eigenvalue weighted by atomic mass is 35.5. The minimum absolute atomic E-state index is 0. The van der Waals surface area contributed by atoms with Gasteiger partial charge in [-0.1, -0.05) is 6.07 Å². The average Bonchev–Trinajstić information content (AvgIpc) is 3.08. The number of likely N-dealkylation sites (tertiary alicyclic amines) is 1. The first-order chi connectivity index (χ1) is 9.65. The van der Waals surface area contributed by atoms with E-state index in [1.54, 1.807) is 11.3 Å². The number of thiazole rings is 1. The number of thiophene rings is 1. The van der Waals surface area contributed by atoms with Gasteiger partial charge >= 0.3 is 0 Å². The zero-order valence-electron chi connectivity index (χ0n) is 12.2. The van der Waals surface area contributed by atoms with E-state index in [-0.39, 0.29) is 36.8 Å². The van der Waals surface area contributed by atoms with Crippen molar-refractivity contribution in [2.45, 2.75) is 25.8 Å². The summed E-state index contributed by atoms with van der Waals surface area (Å²) in [7, 11) is 0. The monoisotopic (exact) mass is 379 g/mol. The molecule has 0 radical (unpaired) electrons. The molecule has 0 atom stereocenters. The Bertz CT molecular complexity index is 608. The molecule has 0 aromatic carbocycles. The fourth-order valence-electron chi connectivity index (χ4n) is 2.35. The van der Waals surface area contributed by atoms with Crippen molar-refractivity contribution in [3.8, 4) is 9.88 Å². The average molecular weight is 380 g/mol. The maximum atomic E-state index is 12.6. The molecule has 0 aliphatic carbocycles. The highest BCUT2D eigenvalue weighted by Crippen LogP contribution is 2.32.